The third kappa shape index (κ3) is 3.31. The Labute approximate surface area is 210 Å². The molecule has 5 heteroatoms. The third-order valence-corrected chi connectivity index (χ3v) is 8.15. The average Bonchev–Trinajstić information content (AvgIpc) is 3.22. The lowest BCUT2D eigenvalue weighted by molar-refractivity contribution is 0.581. The smallest absolute Gasteiger partial charge is 0.271 e. The minimum absolute atomic E-state index is 0.0635. The van der Waals surface area contributed by atoms with E-state index in [1.165, 1.54) is 29.0 Å². The first kappa shape index (κ1) is 21.2. The molecule has 5 aromatic rings. The van der Waals surface area contributed by atoms with Crippen LogP contribution in [0.2, 0.25) is 0 Å². The Morgan fingerprint density at radius 3 is 2.56 bits per heavy atom. The van der Waals surface area contributed by atoms with E-state index in [0.717, 1.165) is 51.6 Å². The number of allylic oxidation sites excluding steroid dienone is 1. The fraction of sp³-hybridized carbons (Fsp3) is 0.0968. The Kier molecular flexibility index (Phi) is 4.86. The molecule has 7 rings (SSSR count). The monoisotopic (exact) mass is 488 g/mol. The van der Waals surface area contributed by atoms with Crippen LogP contribution < -0.4 is 14.9 Å². The number of fused-ring (bicyclic) bond motifs is 4. The molecule has 0 saturated heterocycles. The van der Waals surface area contributed by atoms with Crippen LogP contribution in [0.3, 0.4) is 0 Å². The van der Waals surface area contributed by atoms with Gasteiger partial charge < -0.3 is 0 Å². The van der Waals surface area contributed by atoms with E-state index in [1.807, 2.05) is 41.0 Å². The lowest BCUT2D eigenvalue weighted by atomic mass is 9.83. The second-order valence-electron chi connectivity index (χ2n) is 9.23. The second kappa shape index (κ2) is 8.25. The number of aromatic nitrogens is 1. The molecule has 1 aliphatic heterocycles. The van der Waals surface area contributed by atoms with Gasteiger partial charge in [-0.25, -0.2) is 9.38 Å². The Balaban J connectivity index is 1.50. The molecule has 2 heterocycles. The molecule has 0 radical (unpaired) electrons. The molecule has 4 aromatic carbocycles. The summed E-state index contributed by atoms with van der Waals surface area (Å²) in [5.74, 6) is -0.287. The molecule has 1 atom stereocenters. The maximum atomic E-state index is 13.9. The van der Waals surface area contributed by atoms with Crippen molar-refractivity contribution in [2.75, 3.05) is 0 Å². The highest BCUT2D eigenvalue weighted by atomic mass is 32.1. The van der Waals surface area contributed by atoms with Crippen LogP contribution in [0.1, 0.15) is 34.7 Å². The zero-order valence-corrected chi connectivity index (χ0v) is 20.1. The summed E-state index contributed by atoms with van der Waals surface area (Å²) in [7, 11) is 0. The minimum Gasteiger partial charge on any atom is -0.272 e. The zero-order chi connectivity index (χ0) is 24.2. The molecule has 3 nitrogen and oxygen atoms in total. The highest BCUT2D eigenvalue weighted by Crippen LogP contribution is 2.41. The maximum absolute atomic E-state index is 13.9. The normalized spacial score (nSPS) is 16.9. The highest BCUT2D eigenvalue weighted by molar-refractivity contribution is 7.07. The van der Waals surface area contributed by atoms with Crippen molar-refractivity contribution in [3.63, 3.8) is 0 Å². The summed E-state index contributed by atoms with van der Waals surface area (Å²) in [6.45, 7) is 0. The predicted octanol–water partition coefficient (Wildman–Crippen LogP) is 5.61. The molecule has 0 bridgehead atoms. The van der Waals surface area contributed by atoms with Crippen molar-refractivity contribution < 1.29 is 4.39 Å². The molecule has 36 heavy (non-hydrogen) atoms. The summed E-state index contributed by atoms with van der Waals surface area (Å²) in [6.07, 6.45) is 3.68. The van der Waals surface area contributed by atoms with Crippen molar-refractivity contribution in [3.05, 3.63) is 144 Å². The van der Waals surface area contributed by atoms with E-state index in [2.05, 4.69) is 36.4 Å². The molecular formula is C31H21FN2OS. The zero-order valence-electron chi connectivity index (χ0n) is 19.3. The molecular weight excluding hydrogens is 467 g/mol. The molecule has 1 aromatic heterocycles. The van der Waals surface area contributed by atoms with Crippen LogP contribution in [0.4, 0.5) is 4.39 Å². The third-order valence-electron chi connectivity index (χ3n) is 7.17. The number of halogens is 1. The fourth-order valence-corrected chi connectivity index (χ4v) is 6.48. The van der Waals surface area contributed by atoms with E-state index in [9.17, 15) is 9.18 Å². The van der Waals surface area contributed by atoms with Gasteiger partial charge in [-0.15, -0.1) is 0 Å². The Bertz CT molecular complexity index is 1870. The van der Waals surface area contributed by atoms with Crippen molar-refractivity contribution in [2.24, 2.45) is 4.99 Å². The molecule has 174 valence electrons. The molecule has 0 fully saturated rings. The van der Waals surface area contributed by atoms with Crippen molar-refractivity contribution >= 4 is 33.9 Å². The maximum Gasteiger partial charge on any atom is 0.271 e. The Morgan fingerprint density at radius 2 is 1.67 bits per heavy atom. The van der Waals surface area contributed by atoms with Crippen molar-refractivity contribution in [1.82, 2.24) is 4.57 Å². The van der Waals surface area contributed by atoms with E-state index in [0.29, 0.717) is 9.33 Å². The number of thiazole rings is 1. The number of aryl methyl sites for hydroxylation is 1. The van der Waals surface area contributed by atoms with Gasteiger partial charge in [-0.2, -0.15) is 0 Å². The van der Waals surface area contributed by atoms with Gasteiger partial charge in [0.2, 0.25) is 0 Å². The molecule has 0 N–H and O–H groups in total. The summed E-state index contributed by atoms with van der Waals surface area (Å²) < 4.78 is 16.3. The van der Waals surface area contributed by atoms with Crippen molar-refractivity contribution in [1.29, 1.82) is 0 Å². The summed E-state index contributed by atoms with van der Waals surface area (Å²) in [6, 6.07) is 28.9. The number of rotatable bonds is 2. The van der Waals surface area contributed by atoms with Gasteiger partial charge in [0.1, 0.15) is 5.82 Å². The first-order valence-corrected chi connectivity index (χ1v) is 12.9. The first-order chi connectivity index (χ1) is 17.7. The topological polar surface area (TPSA) is 34.4 Å². The van der Waals surface area contributed by atoms with Gasteiger partial charge in [-0.1, -0.05) is 90.2 Å². The summed E-state index contributed by atoms with van der Waals surface area (Å²) in [5.41, 5.74) is 6.30. The van der Waals surface area contributed by atoms with Crippen molar-refractivity contribution in [3.8, 4) is 0 Å². The van der Waals surface area contributed by atoms with E-state index in [1.54, 1.807) is 12.1 Å². The molecule has 0 amide bonds. The van der Waals surface area contributed by atoms with E-state index in [4.69, 9.17) is 4.99 Å². The fourth-order valence-electron chi connectivity index (χ4n) is 5.49. The number of hydrogen-bond acceptors (Lipinski definition) is 3. The lowest BCUT2D eigenvalue weighted by Gasteiger charge is -2.30. The minimum atomic E-state index is -0.306. The number of benzene rings is 4. The molecule has 1 aliphatic carbocycles. The largest absolute Gasteiger partial charge is 0.272 e. The van der Waals surface area contributed by atoms with E-state index in [-0.39, 0.29) is 17.4 Å². The molecule has 0 saturated carbocycles. The van der Waals surface area contributed by atoms with Gasteiger partial charge in [0.15, 0.2) is 4.80 Å². The van der Waals surface area contributed by atoms with Crippen LogP contribution in [-0.4, -0.2) is 4.57 Å². The number of nitrogens with zero attached hydrogens (tertiary/aromatic N) is 2. The van der Waals surface area contributed by atoms with Crippen LogP contribution >= 0.6 is 11.3 Å². The average molecular weight is 489 g/mol. The van der Waals surface area contributed by atoms with E-state index < -0.39 is 0 Å². The first-order valence-electron chi connectivity index (χ1n) is 12.0. The summed E-state index contributed by atoms with van der Waals surface area (Å²) >= 11 is 1.42. The van der Waals surface area contributed by atoms with Gasteiger partial charge in [-0.05, 0) is 64.1 Å². The SMILES string of the molecule is O=c1c(=Cc2cccc3ccccc23)sc2n1C(c1ccc(F)cc1)C1=C(N=2)c2ccccc2CC1. The van der Waals surface area contributed by atoms with Crippen LogP contribution in [0.5, 0.6) is 0 Å². The molecule has 1 unspecified atom stereocenters. The van der Waals surface area contributed by atoms with Crippen LogP contribution in [0, 0.1) is 5.82 Å². The predicted molar refractivity (Wildman–Crippen MR) is 143 cm³/mol. The lowest BCUT2D eigenvalue weighted by Crippen LogP contribution is -2.38. The molecule has 0 spiro atoms. The van der Waals surface area contributed by atoms with E-state index >= 15 is 0 Å². The number of hydrogen-bond donors (Lipinski definition) is 0. The molecule has 2 aliphatic rings. The van der Waals surface area contributed by atoms with Crippen LogP contribution in [-0.2, 0) is 6.42 Å². The standard InChI is InChI=1S/C31H21FN2OS/c32-23-15-12-21(13-16-23)29-26-17-14-20-7-2-4-11-25(20)28(26)33-31-34(29)30(35)27(36-31)18-22-9-5-8-19-6-1-3-10-24(19)22/h1-13,15-16,18,29H,14,17H2. The van der Waals surface area contributed by atoms with Gasteiger partial charge in [0, 0.05) is 5.56 Å². The second-order valence-corrected chi connectivity index (χ2v) is 10.2. The van der Waals surface area contributed by atoms with Gasteiger partial charge in [0.05, 0.1) is 16.3 Å². The van der Waals surface area contributed by atoms with Gasteiger partial charge in [-0.3, -0.25) is 9.36 Å². The van der Waals surface area contributed by atoms with Gasteiger partial charge in [0.25, 0.3) is 5.56 Å². The Hall–Kier alpha value is -4.09. The highest BCUT2D eigenvalue weighted by Gasteiger charge is 2.32. The van der Waals surface area contributed by atoms with Crippen LogP contribution in [0.15, 0.2) is 106 Å². The Morgan fingerprint density at radius 1 is 0.889 bits per heavy atom. The quantitative estimate of drug-likeness (QED) is 0.318. The van der Waals surface area contributed by atoms with Crippen molar-refractivity contribution in [2.45, 2.75) is 18.9 Å². The van der Waals surface area contributed by atoms with Crippen LogP contribution in [0.25, 0.3) is 22.5 Å². The summed E-state index contributed by atoms with van der Waals surface area (Å²) in [5, 5.41) is 2.24. The summed E-state index contributed by atoms with van der Waals surface area (Å²) in [4.78, 5) is 19.6. The van der Waals surface area contributed by atoms with Gasteiger partial charge >= 0.3 is 0 Å².